The van der Waals surface area contributed by atoms with Crippen LogP contribution in [0.25, 0.3) is 11.3 Å². The first kappa shape index (κ1) is 13.8. The first-order valence-corrected chi connectivity index (χ1v) is 8.44. The zero-order chi connectivity index (χ0) is 13.8. The molecule has 3 heteroatoms. The highest BCUT2D eigenvalue weighted by Gasteiger charge is 2.20. The van der Waals surface area contributed by atoms with Crippen LogP contribution in [0.3, 0.4) is 0 Å². The first-order valence-electron chi connectivity index (χ1n) is 7.56. The predicted octanol–water partition coefficient (Wildman–Crippen LogP) is 4.48. The van der Waals surface area contributed by atoms with E-state index in [9.17, 15) is 0 Å². The molecule has 0 aliphatic heterocycles. The van der Waals surface area contributed by atoms with Gasteiger partial charge in [0.1, 0.15) is 5.01 Å². The lowest BCUT2D eigenvalue weighted by Crippen LogP contribution is -2.36. The summed E-state index contributed by atoms with van der Waals surface area (Å²) >= 11 is 1.76. The molecule has 20 heavy (non-hydrogen) atoms. The van der Waals surface area contributed by atoms with Gasteiger partial charge in [-0.2, -0.15) is 0 Å². The van der Waals surface area contributed by atoms with Crippen LogP contribution in [0.1, 0.15) is 37.6 Å². The lowest BCUT2D eigenvalue weighted by Gasteiger charge is -2.29. The van der Waals surface area contributed by atoms with Crippen LogP contribution >= 0.6 is 11.3 Å². The van der Waals surface area contributed by atoms with Crippen molar-refractivity contribution in [2.45, 2.75) is 45.2 Å². The Morgan fingerprint density at radius 2 is 2.00 bits per heavy atom. The van der Waals surface area contributed by atoms with Gasteiger partial charge >= 0.3 is 0 Å². The normalized spacial score (nSPS) is 22.9. The van der Waals surface area contributed by atoms with Crippen molar-refractivity contribution in [3.8, 4) is 11.3 Å². The summed E-state index contributed by atoms with van der Waals surface area (Å²) < 4.78 is 0. The minimum Gasteiger partial charge on any atom is -0.307 e. The summed E-state index contributed by atoms with van der Waals surface area (Å²) in [7, 11) is 0. The van der Waals surface area contributed by atoms with Gasteiger partial charge in [-0.3, -0.25) is 0 Å². The molecule has 1 aliphatic rings. The fraction of sp³-hybridized carbons (Fsp3) is 0.471. The zero-order valence-corrected chi connectivity index (χ0v) is 12.8. The van der Waals surface area contributed by atoms with E-state index < -0.39 is 0 Å². The molecule has 1 aromatic heterocycles. The molecule has 2 nitrogen and oxygen atoms in total. The molecule has 1 heterocycles. The summed E-state index contributed by atoms with van der Waals surface area (Å²) in [6, 6.07) is 11.1. The standard InChI is InChI=1S/C17H22N2S/c1-13-7-5-6-10-15(13)18-11-17-19-16(12-20-17)14-8-3-2-4-9-14/h2-4,8-9,12-13,15,18H,5-7,10-11H2,1H3. The smallest absolute Gasteiger partial charge is 0.107 e. The minimum atomic E-state index is 0.674. The van der Waals surface area contributed by atoms with Crippen LogP contribution in [0, 0.1) is 5.92 Å². The van der Waals surface area contributed by atoms with Crippen molar-refractivity contribution in [1.82, 2.24) is 10.3 Å². The number of benzene rings is 1. The molecule has 1 aliphatic carbocycles. The summed E-state index contributed by atoms with van der Waals surface area (Å²) in [6.45, 7) is 3.28. The van der Waals surface area contributed by atoms with Gasteiger partial charge in [-0.25, -0.2) is 4.98 Å². The van der Waals surface area contributed by atoms with Crippen molar-refractivity contribution < 1.29 is 0 Å². The molecule has 0 saturated heterocycles. The molecular weight excluding hydrogens is 264 g/mol. The molecule has 1 aromatic carbocycles. The van der Waals surface area contributed by atoms with E-state index in [0.29, 0.717) is 6.04 Å². The molecule has 3 rings (SSSR count). The first-order chi connectivity index (χ1) is 9.83. The van der Waals surface area contributed by atoms with Crippen molar-refractivity contribution in [2.24, 2.45) is 5.92 Å². The van der Waals surface area contributed by atoms with E-state index in [-0.39, 0.29) is 0 Å². The molecule has 106 valence electrons. The van der Waals surface area contributed by atoms with Gasteiger partial charge in [-0.15, -0.1) is 11.3 Å². The van der Waals surface area contributed by atoms with Crippen molar-refractivity contribution in [3.63, 3.8) is 0 Å². The van der Waals surface area contributed by atoms with Gasteiger partial charge in [0.2, 0.25) is 0 Å². The van der Waals surface area contributed by atoms with E-state index >= 15 is 0 Å². The Balaban J connectivity index is 1.60. The fourth-order valence-electron chi connectivity index (χ4n) is 2.97. The van der Waals surface area contributed by atoms with Crippen LogP contribution in [-0.2, 0) is 6.54 Å². The van der Waals surface area contributed by atoms with Crippen molar-refractivity contribution in [3.05, 3.63) is 40.7 Å². The third-order valence-electron chi connectivity index (χ3n) is 4.25. The maximum absolute atomic E-state index is 4.75. The average molecular weight is 286 g/mol. The maximum atomic E-state index is 4.75. The van der Waals surface area contributed by atoms with Crippen molar-refractivity contribution in [2.75, 3.05) is 0 Å². The van der Waals surface area contributed by atoms with Gasteiger partial charge < -0.3 is 5.32 Å². The highest BCUT2D eigenvalue weighted by molar-refractivity contribution is 7.09. The molecule has 0 bridgehead atoms. The number of nitrogens with one attached hydrogen (secondary N) is 1. The molecule has 0 radical (unpaired) electrons. The SMILES string of the molecule is CC1CCCCC1NCc1nc(-c2ccccc2)cs1. The third kappa shape index (κ3) is 3.28. The van der Waals surface area contributed by atoms with Crippen molar-refractivity contribution >= 4 is 11.3 Å². The highest BCUT2D eigenvalue weighted by Crippen LogP contribution is 2.25. The number of rotatable bonds is 4. The van der Waals surface area contributed by atoms with Gasteiger partial charge in [0.25, 0.3) is 0 Å². The van der Waals surface area contributed by atoms with Gasteiger partial charge in [0.05, 0.1) is 5.69 Å². The Morgan fingerprint density at radius 3 is 2.80 bits per heavy atom. The summed E-state index contributed by atoms with van der Waals surface area (Å²) in [4.78, 5) is 4.75. The second kappa shape index (κ2) is 6.51. The average Bonchev–Trinajstić information content (AvgIpc) is 2.96. The molecule has 0 amide bonds. The maximum Gasteiger partial charge on any atom is 0.107 e. The Bertz CT molecular complexity index is 535. The second-order valence-corrected chi connectivity index (χ2v) is 6.68. The second-order valence-electron chi connectivity index (χ2n) is 5.74. The largest absolute Gasteiger partial charge is 0.307 e. The van der Waals surface area contributed by atoms with E-state index in [2.05, 4.69) is 41.9 Å². The monoisotopic (exact) mass is 286 g/mol. The van der Waals surface area contributed by atoms with E-state index in [1.165, 1.54) is 36.3 Å². The van der Waals surface area contributed by atoms with Crippen LogP contribution in [0.4, 0.5) is 0 Å². The molecule has 1 N–H and O–H groups in total. The van der Waals surface area contributed by atoms with Gasteiger partial charge in [0.15, 0.2) is 0 Å². The summed E-state index contributed by atoms with van der Waals surface area (Å²) in [5.74, 6) is 0.803. The lowest BCUT2D eigenvalue weighted by molar-refractivity contribution is 0.279. The molecule has 0 spiro atoms. The van der Waals surface area contributed by atoms with Crippen molar-refractivity contribution in [1.29, 1.82) is 0 Å². The van der Waals surface area contributed by atoms with E-state index in [1.807, 2.05) is 6.07 Å². The Labute approximate surface area is 125 Å². The number of nitrogens with zero attached hydrogens (tertiary/aromatic N) is 1. The van der Waals surface area contributed by atoms with E-state index in [1.54, 1.807) is 11.3 Å². The number of thiazole rings is 1. The molecule has 1 fully saturated rings. The van der Waals surface area contributed by atoms with E-state index in [4.69, 9.17) is 4.98 Å². The third-order valence-corrected chi connectivity index (χ3v) is 5.10. The zero-order valence-electron chi connectivity index (χ0n) is 12.0. The topological polar surface area (TPSA) is 24.9 Å². The Morgan fingerprint density at radius 1 is 1.20 bits per heavy atom. The number of hydrogen-bond donors (Lipinski definition) is 1. The lowest BCUT2D eigenvalue weighted by atomic mass is 9.86. The summed E-state index contributed by atoms with van der Waals surface area (Å²) in [5.41, 5.74) is 2.31. The Kier molecular flexibility index (Phi) is 4.48. The molecule has 2 aromatic rings. The number of aromatic nitrogens is 1. The van der Waals surface area contributed by atoms with Crippen LogP contribution in [0.5, 0.6) is 0 Å². The summed E-state index contributed by atoms with van der Waals surface area (Å²) in [5, 5.41) is 7.06. The van der Waals surface area contributed by atoms with Crippen LogP contribution in [0.2, 0.25) is 0 Å². The quantitative estimate of drug-likeness (QED) is 0.896. The van der Waals surface area contributed by atoms with Crippen LogP contribution in [0.15, 0.2) is 35.7 Å². The van der Waals surface area contributed by atoms with E-state index in [0.717, 1.165) is 18.2 Å². The number of hydrogen-bond acceptors (Lipinski definition) is 3. The fourth-order valence-corrected chi connectivity index (χ4v) is 3.73. The van der Waals surface area contributed by atoms with Gasteiger partial charge in [-0.1, -0.05) is 50.1 Å². The summed E-state index contributed by atoms with van der Waals surface area (Å²) in [6.07, 6.45) is 5.45. The molecule has 2 atom stereocenters. The Hall–Kier alpha value is -1.19. The van der Waals surface area contributed by atoms with Gasteiger partial charge in [-0.05, 0) is 18.8 Å². The van der Waals surface area contributed by atoms with Crippen LogP contribution < -0.4 is 5.32 Å². The van der Waals surface area contributed by atoms with Gasteiger partial charge in [0, 0.05) is 23.5 Å². The highest BCUT2D eigenvalue weighted by atomic mass is 32.1. The minimum absolute atomic E-state index is 0.674. The van der Waals surface area contributed by atoms with Crippen LogP contribution in [-0.4, -0.2) is 11.0 Å². The molecule has 1 saturated carbocycles. The predicted molar refractivity (Wildman–Crippen MR) is 85.8 cm³/mol. The molecular formula is C17H22N2S. The molecule has 2 unspecified atom stereocenters.